The Hall–Kier alpha value is -2.34. The standard InChI is InChI=1S/C12H14N4O2/c13-5-6-16-7-10(14-8-16)12(18)15-9-3-1-2-4-11(9)17/h1-4,7-8,17H,5-6,13H2,(H,15,18). The molecule has 0 saturated heterocycles. The van der Waals surface area contributed by atoms with Crippen molar-refractivity contribution in [3.05, 3.63) is 42.5 Å². The molecule has 1 aromatic carbocycles. The number of aromatic nitrogens is 2. The summed E-state index contributed by atoms with van der Waals surface area (Å²) in [6.45, 7) is 1.09. The lowest BCUT2D eigenvalue weighted by Crippen LogP contribution is -2.12. The summed E-state index contributed by atoms with van der Waals surface area (Å²) < 4.78 is 1.74. The summed E-state index contributed by atoms with van der Waals surface area (Å²) in [6, 6.07) is 6.52. The summed E-state index contributed by atoms with van der Waals surface area (Å²) in [4.78, 5) is 15.8. The van der Waals surface area contributed by atoms with E-state index in [1.54, 1.807) is 35.3 Å². The molecule has 0 atom stereocenters. The van der Waals surface area contributed by atoms with Crippen molar-refractivity contribution >= 4 is 11.6 Å². The third kappa shape index (κ3) is 2.67. The number of phenolic OH excluding ortho intramolecular Hbond substituents is 1. The van der Waals surface area contributed by atoms with Crippen LogP contribution in [0.15, 0.2) is 36.8 Å². The molecular formula is C12H14N4O2. The van der Waals surface area contributed by atoms with Gasteiger partial charge >= 0.3 is 0 Å². The van der Waals surface area contributed by atoms with E-state index in [0.717, 1.165) is 0 Å². The molecule has 0 unspecified atom stereocenters. The monoisotopic (exact) mass is 246 g/mol. The molecule has 4 N–H and O–H groups in total. The Balaban J connectivity index is 2.10. The lowest BCUT2D eigenvalue weighted by Gasteiger charge is -2.04. The number of carbonyl (C=O) groups is 1. The van der Waals surface area contributed by atoms with Gasteiger partial charge in [-0.3, -0.25) is 4.79 Å². The molecule has 0 spiro atoms. The molecule has 2 aromatic rings. The maximum absolute atomic E-state index is 11.9. The molecule has 0 radical (unpaired) electrons. The van der Waals surface area contributed by atoms with Crippen molar-refractivity contribution < 1.29 is 9.90 Å². The van der Waals surface area contributed by atoms with Crippen molar-refractivity contribution in [1.82, 2.24) is 9.55 Å². The van der Waals surface area contributed by atoms with E-state index in [2.05, 4.69) is 10.3 Å². The number of amides is 1. The summed E-state index contributed by atoms with van der Waals surface area (Å²) in [5.74, 6) is -0.348. The van der Waals surface area contributed by atoms with Gasteiger partial charge in [0.05, 0.1) is 12.0 Å². The minimum atomic E-state index is -0.368. The molecule has 6 nitrogen and oxygen atoms in total. The maximum atomic E-state index is 11.9. The van der Waals surface area contributed by atoms with Gasteiger partial charge in [-0.15, -0.1) is 0 Å². The predicted molar refractivity (Wildman–Crippen MR) is 67.3 cm³/mol. The SMILES string of the molecule is NCCn1cnc(C(=O)Nc2ccccc2O)c1. The Morgan fingerprint density at radius 1 is 1.44 bits per heavy atom. The quantitative estimate of drug-likeness (QED) is 0.695. The lowest BCUT2D eigenvalue weighted by atomic mass is 10.3. The van der Waals surface area contributed by atoms with Crippen LogP contribution in [0.2, 0.25) is 0 Å². The van der Waals surface area contributed by atoms with E-state index < -0.39 is 0 Å². The summed E-state index contributed by atoms with van der Waals surface area (Å²) in [5, 5.41) is 12.1. The van der Waals surface area contributed by atoms with E-state index in [9.17, 15) is 9.90 Å². The number of phenols is 1. The van der Waals surface area contributed by atoms with Crippen molar-refractivity contribution in [2.24, 2.45) is 5.73 Å². The zero-order valence-corrected chi connectivity index (χ0v) is 9.71. The minimum Gasteiger partial charge on any atom is -0.506 e. The van der Waals surface area contributed by atoms with Crippen LogP contribution in [0.1, 0.15) is 10.5 Å². The topological polar surface area (TPSA) is 93.2 Å². The van der Waals surface area contributed by atoms with Crippen molar-refractivity contribution in [2.45, 2.75) is 6.54 Å². The van der Waals surface area contributed by atoms with Crippen molar-refractivity contribution in [1.29, 1.82) is 0 Å². The molecule has 6 heteroatoms. The Kier molecular flexibility index (Phi) is 3.59. The maximum Gasteiger partial charge on any atom is 0.275 e. The molecule has 94 valence electrons. The Labute approximate surface area is 104 Å². The number of para-hydroxylation sites is 2. The molecule has 18 heavy (non-hydrogen) atoms. The fourth-order valence-electron chi connectivity index (χ4n) is 1.51. The van der Waals surface area contributed by atoms with Crippen LogP contribution in [0.3, 0.4) is 0 Å². The van der Waals surface area contributed by atoms with Crippen LogP contribution in [0, 0.1) is 0 Å². The van der Waals surface area contributed by atoms with Crippen LogP contribution in [0.5, 0.6) is 5.75 Å². The molecule has 0 aliphatic rings. The zero-order valence-electron chi connectivity index (χ0n) is 9.71. The summed E-state index contributed by atoms with van der Waals surface area (Å²) in [7, 11) is 0. The third-order valence-corrected chi connectivity index (χ3v) is 2.41. The number of nitrogens with two attached hydrogens (primary N) is 1. The van der Waals surface area contributed by atoms with Gasteiger partial charge in [0.1, 0.15) is 11.4 Å². The van der Waals surface area contributed by atoms with Gasteiger partial charge in [0.25, 0.3) is 5.91 Å². The van der Waals surface area contributed by atoms with E-state index >= 15 is 0 Å². The zero-order chi connectivity index (χ0) is 13.0. The van der Waals surface area contributed by atoms with E-state index in [1.165, 1.54) is 6.07 Å². The van der Waals surface area contributed by atoms with E-state index in [1.807, 2.05) is 0 Å². The highest BCUT2D eigenvalue weighted by Crippen LogP contribution is 2.21. The average Bonchev–Trinajstić information content (AvgIpc) is 2.81. The molecule has 1 heterocycles. The number of benzene rings is 1. The normalized spacial score (nSPS) is 10.3. The molecule has 0 fully saturated rings. The number of hydrogen-bond donors (Lipinski definition) is 3. The molecule has 1 amide bonds. The molecule has 0 saturated carbocycles. The van der Waals surface area contributed by atoms with Crippen molar-refractivity contribution in [3.8, 4) is 5.75 Å². The van der Waals surface area contributed by atoms with Crippen LogP contribution >= 0.6 is 0 Å². The van der Waals surface area contributed by atoms with Crippen molar-refractivity contribution in [3.63, 3.8) is 0 Å². The number of hydrogen-bond acceptors (Lipinski definition) is 4. The smallest absolute Gasteiger partial charge is 0.275 e. The summed E-state index contributed by atoms with van der Waals surface area (Å²) in [6.07, 6.45) is 3.16. The Bertz CT molecular complexity index is 551. The second-order valence-corrected chi connectivity index (χ2v) is 3.76. The van der Waals surface area contributed by atoms with Crippen LogP contribution in [-0.2, 0) is 6.54 Å². The highest BCUT2D eigenvalue weighted by Gasteiger charge is 2.11. The molecule has 2 rings (SSSR count). The Morgan fingerprint density at radius 3 is 2.94 bits per heavy atom. The first-order valence-electron chi connectivity index (χ1n) is 5.52. The largest absolute Gasteiger partial charge is 0.506 e. The summed E-state index contributed by atoms with van der Waals surface area (Å²) >= 11 is 0. The molecule has 0 aliphatic heterocycles. The fourth-order valence-corrected chi connectivity index (χ4v) is 1.51. The van der Waals surface area contributed by atoms with E-state index in [4.69, 9.17) is 5.73 Å². The number of carbonyl (C=O) groups excluding carboxylic acids is 1. The first-order valence-corrected chi connectivity index (χ1v) is 5.52. The van der Waals surface area contributed by atoms with E-state index in [-0.39, 0.29) is 17.4 Å². The van der Waals surface area contributed by atoms with Gasteiger partial charge in [0, 0.05) is 19.3 Å². The first-order chi connectivity index (χ1) is 8.70. The first kappa shape index (κ1) is 12.1. The van der Waals surface area contributed by atoms with Crippen LogP contribution < -0.4 is 11.1 Å². The number of nitrogens with one attached hydrogen (secondary N) is 1. The number of imidazole rings is 1. The minimum absolute atomic E-state index is 0.0206. The second-order valence-electron chi connectivity index (χ2n) is 3.76. The van der Waals surface area contributed by atoms with Gasteiger partial charge in [-0.25, -0.2) is 4.98 Å². The highest BCUT2D eigenvalue weighted by atomic mass is 16.3. The van der Waals surface area contributed by atoms with Gasteiger partial charge in [-0.2, -0.15) is 0 Å². The van der Waals surface area contributed by atoms with Gasteiger partial charge in [-0.1, -0.05) is 12.1 Å². The Morgan fingerprint density at radius 2 is 2.22 bits per heavy atom. The van der Waals surface area contributed by atoms with Gasteiger partial charge in [-0.05, 0) is 12.1 Å². The third-order valence-electron chi connectivity index (χ3n) is 2.41. The second kappa shape index (κ2) is 5.33. The average molecular weight is 246 g/mol. The van der Waals surface area contributed by atoms with Crippen molar-refractivity contribution in [2.75, 3.05) is 11.9 Å². The molecule has 0 aliphatic carbocycles. The van der Waals surface area contributed by atoms with Crippen LogP contribution in [-0.4, -0.2) is 27.1 Å². The number of anilines is 1. The molecule has 1 aromatic heterocycles. The number of nitrogens with zero attached hydrogens (tertiary/aromatic N) is 2. The van der Waals surface area contributed by atoms with Crippen LogP contribution in [0.4, 0.5) is 5.69 Å². The lowest BCUT2D eigenvalue weighted by molar-refractivity contribution is 0.102. The fraction of sp³-hybridized carbons (Fsp3) is 0.167. The summed E-state index contributed by atoms with van der Waals surface area (Å²) in [5.41, 5.74) is 6.05. The molecule has 0 bridgehead atoms. The highest BCUT2D eigenvalue weighted by molar-refractivity contribution is 6.03. The van der Waals surface area contributed by atoms with Gasteiger partial charge < -0.3 is 20.7 Å². The predicted octanol–water partition coefficient (Wildman–Crippen LogP) is 0.800. The molecular weight excluding hydrogens is 232 g/mol. The van der Waals surface area contributed by atoms with Gasteiger partial charge in [0.2, 0.25) is 0 Å². The van der Waals surface area contributed by atoms with E-state index in [0.29, 0.717) is 18.8 Å². The number of aromatic hydroxyl groups is 1. The van der Waals surface area contributed by atoms with Crippen LogP contribution in [0.25, 0.3) is 0 Å². The number of rotatable bonds is 4. The van der Waals surface area contributed by atoms with Gasteiger partial charge in [0.15, 0.2) is 0 Å².